The molecule has 2 aliphatic heterocycles. The molecule has 6 nitrogen and oxygen atoms in total. The molecule has 134 valence electrons. The molecule has 0 aliphatic carbocycles. The van der Waals surface area contributed by atoms with Gasteiger partial charge in [0.1, 0.15) is 5.82 Å². The number of anilines is 3. The maximum atomic E-state index is 14.4. The lowest BCUT2D eigenvalue weighted by Crippen LogP contribution is -2.36. The Balaban J connectivity index is 1.49. The van der Waals surface area contributed by atoms with Crippen LogP contribution in [0, 0.1) is 5.82 Å². The first-order valence-electron chi connectivity index (χ1n) is 8.46. The van der Waals surface area contributed by atoms with Crippen LogP contribution in [0.2, 0.25) is 0 Å². The second-order valence-electron chi connectivity index (χ2n) is 6.32. The molecule has 0 spiro atoms. The van der Waals surface area contributed by atoms with E-state index < -0.39 is 11.7 Å². The Labute approximate surface area is 149 Å². The summed E-state index contributed by atoms with van der Waals surface area (Å²) in [5.74, 6) is -0.887. The molecule has 1 saturated heterocycles. The molecule has 26 heavy (non-hydrogen) atoms. The number of hydrogen-bond donors (Lipinski definition) is 2. The summed E-state index contributed by atoms with van der Waals surface area (Å²) in [5.41, 5.74) is 2.89. The summed E-state index contributed by atoms with van der Waals surface area (Å²) in [4.78, 5) is 25.7. The van der Waals surface area contributed by atoms with Crippen LogP contribution in [0.4, 0.5) is 21.5 Å². The average molecular weight is 355 g/mol. The number of hydrogen-bond acceptors (Lipinski definition) is 4. The van der Waals surface area contributed by atoms with Gasteiger partial charge in [0, 0.05) is 30.0 Å². The molecule has 0 bridgehead atoms. The summed E-state index contributed by atoms with van der Waals surface area (Å²) in [6, 6.07) is 9.70. The van der Waals surface area contributed by atoms with E-state index >= 15 is 0 Å². The van der Waals surface area contributed by atoms with E-state index in [-0.39, 0.29) is 11.5 Å². The van der Waals surface area contributed by atoms with Crippen LogP contribution in [0.3, 0.4) is 0 Å². The van der Waals surface area contributed by atoms with Crippen molar-refractivity contribution in [2.45, 2.75) is 6.42 Å². The number of carbonyl (C=O) groups excluding carboxylic acids is 2. The van der Waals surface area contributed by atoms with Crippen molar-refractivity contribution in [2.24, 2.45) is 0 Å². The predicted octanol–water partition coefficient (Wildman–Crippen LogP) is 2.41. The van der Waals surface area contributed by atoms with Gasteiger partial charge in [-0.1, -0.05) is 0 Å². The third-order valence-electron chi connectivity index (χ3n) is 4.55. The molecule has 2 amide bonds. The topological polar surface area (TPSA) is 70.7 Å². The molecule has 2 aromatic carbocycles. The van der Waals surface area contributed by atoms with Gasteiger partial charge in [-0.25, -0.2) is 4.39 Å². The molecule has 4 rings (SSSR count). The first-order valence-corrected chi connectivity index (χ1v) is 8.46. The van der Waals surface area contributed by atoms with Crippen LogP contribution in [-0.4, -0.2) is 38.1 Å². The molecule has 2 aliphatic rings. The monoisotopic (exact) mass is 355 g/mol. The SMILES string of the molecule is O=C1Cc2cc(NC(=O)c3ccc(N4CCOCC4)c(F)c3)ccc2N1. The highest BCUT2D eigenvalue weighted by atomic mass is 19.1. The maximum Gasteiger partial charge on any atom is 0.255 e. The largest absolute Gasteiger partial charge is 0.378 e. The fourth-order valence-electron chi connectivity index (χ4n) is 3.22. The lowest BCUT2D eigenvalue weighted by Gasteiger charge is -2.29. The molecule has 2 heterocycles. The first kappa shape index (κ1) is 16.5. The minimum absolute atomic E-state index is 0.0655. The average Bonchev–Trinajstić information content (AvgIpc) is 3.01. The fraction of sp³-hybridized carbons (Fsp3) is 0.263. The number of ether oxygens (including phenoxy) is 1. The highest BCUT2D eigenvalue weighted by Gasteiger charge is 2.19. The van der Waals surface area contributed by atoms with Gasteiger partial charge in [0.25, 0.3) is 5.91 Å². The number of benzene rings is 2. The highest BCUT2D eigenvalue weighted by Crippen LogP contribution is 2.27. The Morgan fingerprint density at radius 3 is 2.73 bits per heavy atom. The molecular weight excluding hydrogens is 337 g/mol. The van der Waals surface area contributed by atoms with E-state index in [9.17, 15) is 14.0 Å². The molecular formula is C19H18FN3O3. The van der Waals surface area contributed by atoms with Crippen LogP contribution in [0.25, 0.3) is 0 Å². The van der Waals surface area contributed by atoms with E-state index in [1.807, 2.05) is 4.90 Å². The van der Waals surface area contributed by atoms with Gasteiger partial charge >= 0.3 is 0 Å². The predicted molar refractivity (Wildman–Crippen MR) is 96.2 cm³/mol. The Bertz CT molecular complexity index is 878. The van der Waals surface area contributed by atoms with Gasteiger partial charge in [-0.05, 0) is 42.0 Å². The van der Waals surface area contributed by atoms with Crippen LogP contribution in [0.1, 0.15) is 15.9 Å². The lowest BCUT2D eigenvalue weighted by atomic mass is 10.1. The van der Waals surface area contributed by atoms with Gasteiger partial charge in [0.2, 0.25) is 5.91 Å². The zero-order valence-electron chi connectivity index (χ0n) is 14.0. The van der Waals surface area contributed by atoms with E-state index in [0.29, 0.717) is 44.1 Å². The van der Waals surface area contributed by atoms with E-state index in [1.165, 1.54) is 6.07 Å². The zero-order chi connectivity index (χ0) is 18.1. The van der Waals surface area contributed by atoms with Gasteiger partial charge in [-0.15, -0.1) is 0 Å². The molecule has 0 radical (unpaired) electrons. The van der Waals surface area contributed by atoms with Gasteiger partial charge in [0.05, 0.1) is 25.3 Å². The Kier molecular flexibility index (Phi) is 4.30. The van der Waals surface area contributed by atoms with Crippen molar-refractivity contribution >= 4 is 28.9 Å². The second-order valence-corrected chi connectivity index (χ2v) is 6.32. The summed E-state index contributed by atoms with van der Waals surface area (Å²) < 4.78 is 19.7. The number of amides is 2. The van der Waals surface area contributed by atoms with Crippen molar-refractivity contribution in [1.29, 1.82) is 0 Å². The van der Waals surface area contributed by atoms with Gasteiger partial charge in [-0.3, -0.25) is 9.59 Å². The highest BCUT2D eigenvalue weighted by molar-refractivity contribution is 6.05. The lowest BCUT2D eigenvalue weighted by molar-refractivity contribution is -0.115. The number of carbonyl (C=O) groups is 2. The first-order chi connectivity index (χ1) is 12.6. The number of nitrogens with one attached hydrogen (secondary N) is 2. The van der Waals surface area contributed by atoms with E-state index in [4.69, 9.17) is 4.74 Å². The van der Waals surface area contributed by atoms with Crippen LogP contribution in [0.5, 0.6) is 0 Å². The standard InChI is InChI=1S/C19H18FN3O3/c20-15-10-12(1-4-17(15)23-5-7-26-8-6-23)19(25)21-14-2-3-16-13(9-14)11-18(24)22-16/h1-4,9-10H,5-8,11H2,(H,21,25)(H,22,24). The van der Waals surface area contributed by atoms with Crippen LogP contribution < -0.4 is 15.5 Å². The smallest absolute Gasteiger partial charge is 0.255 e. The zero-order valence-corrected chi connectivity index (χ0v) is 14.0. The van der Waals surface area contributed by atoms with E-state index in [1.54, 1.807) is 30.3 Å². The molecule has 0 saturated carbocycles. The number of rotatable bonds is 3. The van der Waals surface area contributed by atoms with E-state index in [2.05, 4.69) is 10.6 Å². The minimum atomic E-state index is -0.427. The van der Waals surface area contributed by atoms with Crippen molar-refractivity contribution in [3.05, 3.63) is 53.3 Å². The van der Waals surface area contributed by atoms with Crippen molar-refractivity contribution in [3.8, 4) is 0 Å². The van der Waals surface area contributed by atoms with Gasteiger partial charge in [0.15, 0.2) is 0 Å². The molecule has 0 atom stereocenters. The second kappa shape index (κ2) is 6.76. The quantitative estimate of drug-likeness (QED) is 0.887. The van der Waals surface area contributed by atoms with Crippen molar-refractivity contribution in [3.63, 3.8) is 0 Å². The molecule has 7 heteroatoms. The summed E-state index contributed by atoms with van der Waals surface area (Å²) >= 11 is 0. The maximum absolute atomic E-state index is 14.4. The van der Waals surface area contributed by atoms with Gasteiger partial charge < -0.3 is 20.3 Å². The fourth-order valence-corrected chi connectivity index (χ4v) is 3.22. The Hall–Kier alpha value is -2.93. The van der Waals surface area contributed by atoms with Crippen molar-refractivity contribution in [2.75, 3.05) is 41.8 Å². The molecule has 0 unspecified atom stereocenters. The molecule has 2 aromatic rings. The van der Waals surface area contributed by atoms with Crippen LogP contribution >= 0.6 is 0 Å². The minimum Gasteiger partial charge on any atom is -0.378 e. The normalized spacial score (nSPS) is 16.2. The Morgan fingerprint density at radius 2 is 1.96 bits per heavy atom. The number of morpholine rings is 1. The third kappa shape index (κ3) is 3.25. The summed E-state index contributed by atoms with van der Waals surface area (Å²) in [5, 5.41) is 5.49. The van der Waals surface area contributed by atoms with Gasteiger partial charge in [-0.2, -0.15) is 0 Å². The number of halogens is 1. The summed E-state index contributed by atoms with van der Waals surface area (Å²) in [6.45, 7) is 2.39. The number of nitrogens with zero attached hydrogens (tertiary/aromatic N) is 1. The number of fused-ring (bicyclic) bond motifs is 1. The summed E-state index contributed by atoms with van der Waals surface area (Å²) in [6.07, 6.45) is 0.294. The third-order valence-corrected chi connectivity index (χ3v) is 4.55. The van der Waals surface area contributed by atoms with Crippen molar-refractivity contribution < 1.29 is 18.7 Å². The summed E-state index contributed by atoms with van der Waals surface area (Å²) in [7, 11) is 0. The molecule has 2 N–H and O–H groups in total. The van der Waals surface area contributed by atoms with Crippen LogP contribution in [0.15, 0.2) is 36.4 Å². The van der Waals surface area contributed by atoms with E-state index in [0.717, 1.165) is 11.3 Å². The molecule has 0 aromatic heterocycles. The van der Waals surface area contributed by atoms with Crippen molar-refractivity contribution in [1.82, 2.24) is 0 Å². The molecule has 1 fully saturated rings. The Morgan fingerprint density at radius 1 is 1.15 bits per heavy atom. The van der Waals surface area contributed by atoms with Crippen LogP contribution in [-0.2, 0) is 16.0 Å².